The molecule has 102 valence electrons. The zero-order valence-corrected chi connectivity index (χ0v) is 11.6. The molecule has 1 heterocycles. The summed E-state index contributed by atoms with van der Waals surface area (Å²) in [5.74, 6) is 0.571. The molecule has 2 aromatic rings. The average molecular weight is 261 g/mol. The first-order chi connectivity index (χ1) is 9.13. The molecule has 4 heteroatoms. The van der Waals surface area contributed by atoms with Crippen LogP contribution in [0.4, 0.5) is 4.39 Å². The zero-order chi connectivity index (χ0) is 13.8. The molecule has 0 amide bonds. The highest BCUT2D eigenvalue weighted by molar-refractivity contribution is 5.37. The second-order valence-electron chi connectivity index (χ2n) is 4.84. The summed E-state index contributed by atoms with van der Waals surface area (Å²) >= 11 is 0. The van der Waals surface area contributed by atoms with E-state index in [1.807, 2.05) is 19.9 Å². The first kappa shape index (κ1) is 13.7. The van der Waals surface area contributed by atoms with Crippen LogP contribution < -0.4 is 5.32 Å². The Kier molecular flexibility index (Phi) is 4.32. The predicted molar refractivity (Wildman–Crippen MR) is 74.6 cm³/mol. The second-order valence-corrected chi connectivity index (χ2v) is 4.84. The molecule has 0 radical (unpaired) electrons. The van der Waals surface area contributed by atoms with Crippen molar-refractivity contribution >= 4 is 0 Å². The number of benzene rings is 1. The van der Waals surface area contributed by atoms with E-state index >= 15 is 0 Å². The fourth-order valence-corrected chi connectivity index (χ4v) is 2.35. The van der Waals surface area contributed by atoms with Crippen molar-refractivity contribution in [1.82, 2.24) is 15.3 Å². The number of imidazole rings is 1. The van der Waals surface area contributed by atoms with Gasteiger partial charge in [0.2, 0.25) is 0 Å². The number of halogens is 1. The van der Waals surface area contributed by atoms with E-state index in [9.17, 15) is 4.39 Å². The summed E-state index contributed by atoms with van der Waals surface area (Å²) in [6.45, 7) is 6.75. The van der Waals surface area contributed by atoms with Crippen LogP contribution in [-0.2, 0) is 0 Å². The van der Waals surface area contributed by atoms with Crippen molar-refractivity contribution < 1.29 is 4.39 Å². The van der Waals surface area contributed by atoms with Gasteiger partial charge in [-0.1, -0.05) is 13.0 Å². The number of hydrogen-bond acceptors (Lipinski definition) is 2. The van der Waals surface area contributed by atoms with Crippen LogP contribution in [0.1, 0.15) is 41.9 Å². The van der Waals surface area contributed by atoms with Gasteiger partial charge >= 0.3 is 0 Å². The number of aromatic nitrogens is 2. The van der Waals surface area contributed by atoms with E-state index in [0.29, 0.717) is 5.56 Å². The molecule has 0 saturated carbocycles. The van der Waals surface area contributed by atoms with E-state index in [1.54, 1.807) is 18.5 Å². The van der Waals surface area contributed by atoms with E-state index in [-0.39, 0.29) is 11.9 Å². The number of rotatable bonds is 5. The minimum Gasteiger partial charge on any atom is -0.347 e. The minimum atomic E-state index is -0.226. The Morgan fingerprint density at radius 3 is 2.74 bits per heavy atom. The summed E-state index contributed by atoms with van der Waals surface area (Å²) < 4.78 is 14.3. The van der Waals surface area contributed by atoms with Crippen LogP contribution in [-0.4, -0.2) is 16.5 Å². The number of aromatic amines is 1. The van der Waals surface area contributed by atoms with Gasteiger partial charge in [-0.2, -0.15) is 0 Å². The number of H-pyrrole nitrogens is 1. The highest BCUT2D eigenvalue weighted by atomic mass is 19.1. The van der Waals surface area contributed by atoms with Crippen molar-refractivity contribution in [1.29, 1.82) is 0 Å². The lowest BCUT2D eigenvalue weighted by atomic mass is 9.97. The summed E-state index contributed by atoms with van der Waals surface area (Å²) in [4.78, 5) is 7.34. The fraction of sp³-hybridized carbons (Fsp3) is 0.400. The molecular formula is C15H20FN3. The van der Waals surface area contributed by atoms with E-state index in [0.717, 1.165) is 29.9 Å². The molecule has 0 spiro atoms. The van der Waals surface area contributed by atoms with E-state index in [2.05, 4.69) is 22.2 Å². The van der Waals surface area contributed by atoms with E-state index in [4.69, 9.17) is 0 Å². The van der Waals surface area contributed by atoms with Gasteiger partial charge in [0.1, 0.15) is 11.6 Å². The van der Waals surface area contributed by atoms with Crippen molar-refractivity contribution in [2.75, 3.05) is 6.54 Å². The topological polar surface area (TPSA) is 40.7 Å². The van der Waals surface area contributed by atoms with Crippen LogP contribution in [0, 0.1) is 19.7 Å². The minimum absolute atomic E-state index is 0.178. The molecule has 1 atom stereocenters. The van der Waals surface area contributed by atoms with E-state index in [1.165, 1.54) is 0 Å². The Hall–Kier alpha value is -1.68. The quantitative estimate of drug-likeness (QED) is 0.867. The predicted octanol–water partition coefficient (Wildman–Crippen LogP) is 3.25. The number of nitrogens with one attached hydrogen (secondary N) is 2. The summed E-state index contributed by atoms with van der Waals surface area (Å²) in [7, 11) is 0. The van der Waals surface area contributed by atoms with Gasteiger partial charge in [0.15, 0.2) is 0 Å². The number of nitrogens with zero attached hydrogens (tertiary/aromatic N) is 1. The lowest BCUT2D eigenvalue weighted by Gasteiger charge is -2.20. The SMILES string of the molecule is CCCNC(c1ncc[nH]1)c1c(C)cc(C)cc1F. The summed E-state index contributed by atoms with van der Waals surface area (Å²) in [5.41, 5.74) is 2.56. The molecule has 2 rings (SSSR count). The molecule has 0 aliphatic carbocycles. The van der Waals surface area contributed by atoms with Crippen LogP contribution >= 0.6 is 0 Å². The molecule has 2 N–H and O–H groups in total. The maximum atomic E-state index is 14.3. The molecule has 0 saturated heterocycles. The summed E-state index contributed by atoms with van der Waals surface area (Å²) in [6.07, 6.45) is 4.44. The third-order valence-electron chi connectivity index (χ3n) is 3.16. The highest BCUT2D eigenvalue weighted by Gasteiger charge is 2.21. The average Bonchev–Trinajstić information content (AvgIpc) is 2.85. The standard InChI is InChI=1S/C15H20FN3/c1-4-5-17-14(15-18-6-7-19-15)13-11(3)8-10(2)9-12(13)16/h6-9,14,17H,4-5H2,1-3H3,(H,18,19). The normalized spacial score (nSPS) is 12.6. The van der Waals surface area contributed by atoms with Gasteiger partial charge in [-0.3, -0.25) is 0 Å². The first-order valence-corrected chi connectivity index (χ1v) is 6.62. The van der Waals surface area contributed by atoms with Gasteiger partial charge in [-0.15, -0.1) is 0 Å². The molecule has 0 aliphatic heterocycles. The third-order valence-corrected chi connectivity index (χ3v) is 3.16. The molecule has 0 aliphatic rings. The Bertz CT molecular complexity index is 511. The maximum absolute atomic E-state index is 14.3. The zero-order valence-electron chi connectivity index (χ0n) is 11.6. The summed E-state index contributed by atoms with van der Waals surface area (Å²) in [6, 6.07) is 3.35. The number of aryl methyl sites for hydroxylation is 2. The van der Waals surface area contributed by atoms with Crippen LogP contribution in [0.15, 0.2) is 24.5 Å². The van der Waals surface area contributed by atoms with Gasteiger partial charge in [0.25, 0.3) is 0 Å². The molecule has 19 heavy (non-hydrogen) atoms. The van der Waals surface area contributed by atoms with Gasteiger partial charge < -0.3 is 10.3 Å². The van der Waals surface area contributed by atoms with Crippen molar-refractivity contribution in [3.63, 3.8) is 0 Å². The molecule has 1 unspecified atom stereocenters. The Morgan fingerprint density at radius 1 is 1.37 bits per heavy atom. The fourth-order valence-electron chi connectivity index (χ4n) is 2.35. The van der Waals surface area contributed by atoms with Gasteiger partial charge in [-0.25, -0.2) is 9.37 Å². The monoisotopic (exact) mass is 261 g/mol. The number of hydrogen-bond donors (Lipinski definition) is 2. The largest absolute Gasteiger partial charge is 0.347 e. The molecule has 0 fully saturated rings. The van der Waals surface area contributed by atoms with E-state index < -0.39 is 0 Å². The van der Waals surface area contributed by atoms with Gasteiger partial charge in [0.05, 0.1) is 6.04 Å². The van der Waals surface area contributed by atoms with Crippen molar-refractivity contribution in [2.24, 2.45) is 0 Å². The second kappa shape index (κ2) is 5.97. The molecular weight excluding hydrogens is 241 g/mol. The van der Waals surface area contributed by atoms with Crippen LogP contribution in [0.2, 0.25) is 0 Å². The lowest BCUT2D eigenvalue weighted by Crippen LogP contribution is -2.26. The molecule has 1 aromatic heterocycles. The molecule has 3 nitrogen and oxygen atoms in total. The molecule has 1 aromatic carbocycles. The Morgan fingerprint density at radius 2 is 2.16 bits per heavy atom. The molecule has 0 bridgehead atoms. The first-order valence-electron chi connectivity index (χ1n) is 6.62. The Balaban J connectivity index is 2.44. The third kappa shape index (κ3) is 3.01. The lowest BCUT2D eigenvalue weighted by molar-refractivity contribution is 0.529. The summed E-state index contributed by atoms with van der Waals surface area (Å²) in [5, 5.41) is 3.36. The maximum Gasteiger partial charge on any atom is 0.128 e. The van der Waals surface area contributed by atoms with Crippen molar-refractivity contribution in [2.45, 2.75) is 33.2 Å². The Labute approximate surface area is 113 Å². The van der Waals surface area contributed by atoms with Crippen LogP contribution in [0.3, 0.4) is 0 Å². The van der Waals surface area contributed by atoms with Gasteiger partial charge in [-0.05, 0) is 44.0 Å². The van der Waals surface area contributed by atoms with Crippen LogP contribution in [0.5, 0.6) is 0 Å². The van der Waals surface area contributed by atoms with Gasteiger partial charge in [0, 0.05) is 18.0 Å². The van der Waals surface area contributed by atoms with Crippen LogP contribution in [0.25, 0.3) is 0 Å². The smallest absolute Gasteiger partial charge is 0.128 e. The van der Waals surface area contributed by atoms with Crippen molar-refractivity contribution in [3.8, 4) is 0 Å². The highest BCUT2D eigenvalue weighted by Crippen LogP contribution is 2.26. The van der Waals surface area contributed by atoms with Crippen molar-refractivity contribution in [3.05, 3.63) is 52.9 Å².